The molecule has 0 saturated heterocycles. The Kier molecular flexibility index (Phi) is 7.68. The zero-order valence-corrected chi connectivity index (χ0v) is 9.33. The number of carbonyl (C=O) groups is 1. The molecular weight excluding hydrogens is 222 g/mol. The van der Waals surface area contributed by atoms with Crippen molar-refractivity contribution in [3.05, 3.63) is 0 Å². The van der Waals surface area contributed by atoms with Gasteiger partial charge in [-0.25, -0.2) is 0 Å². The summed E-state index contributed by atoms with van der Waals surface area (Å²) in [4.78, 5) is 11.3. The predicted molar refractivity (Wildman–Crippen MR) is 56.7 cm³/mol. The molecule has 0 unspecified atom stereocenters. The van der Waals surface area contributed by atoms with E-state index in [-0.39, 0.29) is 12.3 Å². The lowest BCUT2D eigenvalue weighted by molar-refractivity contribution is -0.125. The predicted octanol–water partition coefficient (Wildman–Crippen LogP) is -0.773. The van der Waals surface area contributed by atoms with E-state index in [9.17, 15) is 4.79 Å². The number of nitrogens with one attached hydrogen (secondary N) is 1. The first-order valence-corrected chi connectivity index (χ1v) is 5.37. The van der Waals surface area contributed by atoms with Crippen molar-refractivity contribution >= 4 is 17.5 Å². The van der Waals surface area contributed by atoms with Crippen LogP contribution in [0.5, 0.6) is 0 Å². The number of carbonyl (C=O) groups excluding carboxylic acids is 1. The molecular formula is C9H18ClNO4. The van der Waals surface area contributed by atoms with Crippen molar-refractivity contribution in [2.45, 2.75) is 24.8 Å². The van der Waals surface area contributed by atoms with Crippen LogP contribution in [-0.4, -0.2) is 52.5 Å². The van der Waals surface area contributed by atoms with Gasteiger partial charge >= 0.3 is 0 Å². The van der Waals surface area contributed by atoms with Gasteiger partial charge in [-0.2, -0.15) is 0 Å². The molecule has 0 heterocycles. The highest BCUT2D eigenvalue weighted by atomic mass is 35.5. The van der Waals surface area contributed by atoms with Crippen LogP contribution in [0.2, 0.25) is 0 Å². The third-order valence-electron chi connectivity index (χ3n) is 2.10. The number of hydrogen-bond acceptors (Lipinski definition) is 4. The third kappa shape index (κ3) is 5.32. The van der Waals surface area contributed by atoms with Crippen LogP contribution in [0.4, 0.5) is 0 Å². The lowest BCUT2D eigenvalue weighted by Crippen LogP contribution is -2.57. The molecule has 0 aliphatic carbocycles. The molecule has 0 aliphatic heterocycles. The number of aliphatic hydroxyl groups is 3. The van der Waals surface area contributed by atoms with Gasteiger partial charge in [0.2, 0.25) is 5.91 Å². The van der Waals surface area contributed by atoms with Gasteiger partial charge in [-0.1, -0.05) is 0 Å². The maximum absolute atomic E-state index is 11.3. The van der Waals surface area contributed by atoms with Crippen molar-refractivity contribution in [3.63, 3.8) is 0 Å². The Labute approximate surface area is 94.1 Å². The summed E-state index contributed by atoms with van der Waals surface area (Å²) in [6.45, 7) is -1.50. The molecule has 0 fully saturated rings. The quantitative estimate of drug-likeness (QED) is 0.331. The van der Waals surface area contributed by atoms with Crippen molar-refractivity contribution in [1.82, 2.24) is 5.32 Å². The van der Waals surface area contributed by atoms with Gasteiger partial charge in [0.15, 0.2) is 0 Å². The molecule has 0 rings (SSSR count). The highest BCUT2D eigenvalue weighted by molar-refractivity contribution is 6.17. The summed E-state index contributed by atoms with van der Waals surface area (Å²) in [6.07, 6.45) is 1.65. The number of unbranched alkanes of at least 4 members (excludes halogenated alkanes) is 1. The fourth-order valence-electron chi connectivity index (χ4n) is 1.01. The second kappa shape index (κ2) is 7.87. The lowest BCUT2D eigenvalue weighted by atomic mass is 10.0. The average molecular weight is 240 g/mol. The molecule has 1 amide bonds. The largest absolute Gasteiger partial charge is 0.394 e. The minimum absolute atomic E-state index is 0.272. The molecule has 0 saturated carbocycles. The topological polar surface area (TPSA) is 89.8 Å². The van der Waals surface area contributed by atoms with Crippen LogP contribution in [0.25, 0.3) is 0 Å². The van der Waals surface area contributed by atoms with E-state index in [0.717, 1.165) is 6.42 Å². The van der Waals surface area contributed by atoms with Gasteiger partial charge in [0.25, 0.3) is 0 Å². The van der Waals surface area contributed by atoms with Crippen LogP contribution in [-0.2, 0) is 4.79 Å². The zero-order chi connectivity index (χ0) is 11.7. The molecule has 15 heavy (non-hydrogen) atoms. The fourth-order valence-corrected chi connectivity index (χ4v) is 1.20. The van der Waals surface area contributed by atoms with E-state index in [1.807, 2.05) is 0 Å². The minimum Gasteiger partial charge on any atom is -0.394 e. The Morgan fingerprint density at radius 1 is 1.13 bits per heavy atom. The van der Waals surface area contributed by atoms with Crippen molar-refractivity contribution < 1.29 is 20.1 Å². The molecule has 4 N–H and O–H groups in total. The second-order valence-corrected chi connectivity index (χ2v) is 3.83. The standard InChI is InChI=1S/C9H18ClNO4/c10-4-2-1-3-8(15)11-9(5-12,6-13)7-14/h12-14H,1-7H2,(H,11,15). The first-order valence-electron chi connectivity index (χ1n) is 4.83. The van der Waals surface area contributed by atoms with Crippen LogP contribution >= 0.6 is 11.6 Å². The van der Waals surface area contributed by atoms with Gasteiger partial charge in [-0.3, -0.25) is 4.79 Å². The van der Waals surface area contributed by atoms with E-state index in [1.54, 1.807) is 0 Å². The smallest absolute Gasteiger partial charge is 0.220 e. The van der Waals surface area contributed by atoms with Gasteiger partial charge in [0.1, 0.15) is 5.54 Å². The fraction of sp³-hybridized carbons (Fsp3) is 0.889. The molecule has 0 radical (unpaired) electrons. The maximum atomic E-state index is 11.3. The Balaban J connectivity index is 4.00. The monoisotopic (exact) mass is 239 g/mol. The Morgan fingerprint density at radius 2 is 1.67 bits per heavy atom. The maximum Gasteiger partial charge on any atom is 0.220 e. The van der Waals surface area contributed by atoms with Gasteiger partial charge < -0.3 is 20.6 Å². The Hall–Kier alpha value is -0.360. The molecule has 0 spiro atoms. The van der Waals surface area contributed by atoms with Crippen molar-refractivity contribution in [2.24, 2.45) is 0 Å². The van der Waals surface area contributed by atoms with Gasteiger partial charge in [-0.05, 0) is 12.8 Å². The van der Waals surface area contributed by atoms with E-state index >= 15 is 0 Å². The first-order chi connectivity index (χ1) is 7.14. The summed E-state index contributed by atoms with van der Waals surface area (Å²) in [7, 11) is 0. The molecule has 0 atom stereocenters. The molecule has 0 bridgehead atoms. The summed E-state index contributed by atoms with van der Waals surface area (Å²) in [6, 6.07) is 0. The number of rotatable bonds is 8. The normalized spacial score (nSPS) is 11.5. The highest BCUT2D eigenvalue weighted by Crippen LogP contribution is 2.04. The molecule has 0 aromatic rings. The van der Waals surface area contributed by atoms with Crippen LogP contribution in [0.1, 0.15) is 19.3 Å². The van der Waals surface area contributed by atoms with Crippen LogP contribution in [0.3, 0.4) is 0 Å². The average Bonchev–Trinajstić information content (AvgIpc) is 2.26. The van der Waals surface area contributed by atoms with E-state index < -0.39 is 25.4 Å². The highest BCUT2D eigenvalue weighted by Gasteiger charge is 2.29. The molecule has 0 aromatic carbocycles. The summed E-state index contributed by atoms with van der Waals surface area (Å²) < 4.78 is 0. The first kappa shape index (κ1) is 14.6. The SMILES string of the molecule is O=C(CCCCCl)NC(CO)(CO)CO. The zero-order valence-electron chi connectivity index (χ0n) is 8.58. The van der Waals surface area contributed by atoms with E-state index in [4.69, 9.17) is 26.9 Å². The number of aliphatic hydroxyl groups excluding tert-OH is 3. The molecule has 0 aromatic heterocycles. The van der Waals surface area contributed by atoms with Gasteiger partial charge in [0.05, 0.1) is 19.8 Å². The third-order valence-corrected chi connectivity index (χ3v) is 2.37. The Morgan fingerprint density at radius 3 is 2.07 bits per heavy atom. The van der Waals surface area contributed by atoms with E-state index in [1.165, 1.54) is 0 Å². The van der Waals surface area contributed by atoms with E-state index in [0.29, 0.717) is 12.3 Å². The summed E-state index contributed by atoms with van der Waals surface area (Å²) in [5, 5.41) is 29.2. The number of alkyl halides is 1. The van der Waals surface area contributed by atoms with Gasteiger partial charge in [-0.15, -0.1) is 11.6 Å². The second-order valence-electron chi connectivity index (χ2n) is 3.45. The summed E-state index contributed by atoms with van der Waals surface area (Å²) in [5.74, 6) is 0.190. The molecule has 90 valence electrons. The van der Waals surface area contributed by atoms with Gasteiger partial charge in [0, 0.05) is 12.3 Å². The summed E-state index contributed by atoms with van der Waals surface area (Å²) >= 11 is 5.45. The van der Waals surface area contributed by atoms with Crippen LogP contribution in [0.15, 0.2) is 0 Å². The minimum atomic E-state index is -1.32. The number of hydrogen-bond donors (Lipinski definition) is 4. The molecule has 5 nitrogen and oxygen atoms in total. The van der Waals surface area contributed by atoms with Crippen molar-refractivity contribution in [3.8, 4) is 0 Å². The number of amides is 1. The summed E-state index contributed by atoms with van der Waals surface area (Å²) in [5.41, 5.74) is -1.32. The molecule has 0 aliphatic rings. The van der Waals surface area contributed by atoms with Crippen molar-refractivity contribution in [1.29, 1.82) is 0 Å². The number of halogens is 1. The van der Waals surface area contributed by atoms with Crippen molar-refractivity contribution in [2.75, 3.05) is 25.7 Å². The van der Waals surface area contributed by atoms with E-state index in [2.05, 4.69) is 5.32 Å². The van der Waals surface area contributed by atoms with Crippen LogP contribution < -0.4 is 5.32 Å². The molecule has 6 heteroatoms. The van der Waals surface area contributed by atoms with Crippen LogP contribution in [0, 0.1) is 0 Å². The Bertz CT molecular complexity index is 177. The lowest BCUT2D eigenvalue weighted by Gasteiger charge is -2.28.